The van der Waals surface area contributed by atoms with Gasteiger partial charge < -0.3 is 10.2 Å². The van der Waals surface area contributed by atoms with Crippen molar-refractivity contribution in [2.75, 3.05) is 6.61 Å². The molecule has 0 aliphatic heterocycles. The summed E-state index contributed by atoms with van der Waals surface area (Å²) in [4.78, 5) is 0. The Labute approximate surface area is 91.6 Å². The molecule has 1 aromatic rings. The zero-order valence-electron chi connectivity index (χ0n) is 9.70. The van der Waals surface area contributed by atoms with Crippen LogP contribution in [0.2, 0.25) is 0 Å². The first-order valence-corrected chi connectivity index (χ1v) is 5.35. The van der Waals surface area contributed by atoms with Gasteiger partial charge in [-0.3, -0.25) is 0 Å². The van der Waals surface area contributed by atoms with Gasteiger partial charge in [-0.25, -0.2) is 0 Å². The lowest BCUT2D eigenvalue weighted by molar-refractivity contribution is 0.0806. The quantitative estimate of drug-likeness (QED) is 0.795. The van der Waals surface area contributed by atoms with Crippen LogP contribution in [0, 0.1) is 0 Å². The average molecular weight is 208 g/mol. The summed E-state index contributed by atoms with van der Waals surface area (Å²) in [5.74, 6) is 0.128. The Morgan fingerprint density at radius 3 is 2.40 bits per heavy atom. The Morgan fingerprint density at radius 2 is 1.87 bits per heavy atom. The monoisotopic (exact) mass is 208 g/mol. The molecule has 0 bridgehead atoms. The van der Waals surface area contributed by atoms with Crippen LogP contribution in [0.15, 0.2) is 24.3 Å². The van der Waals surface area contributed by atoms with Gasteiger partial charge in [-0.2, -0.15) is 0 Å². The maximum Gasteiger partial charge on any atom is 0.0632 e. The van der Waals surface area contributed by atoms with Gasteiger partial charge in [0.2, 0.25) is 0 Å². The molecule has 0 fully saturated rings. The molecule has 0 radical (unpaired) electrons. The van der Waals surface area contributed by atoms with Crippen molar-refractivity contribution >= 4 is 0 Å². The normalized spacial score (nSPS) is 13.9. The van der Waals surface area contributed by atoms with Crippen molar-refractivity contribution in [1.29, 1.82) is 0 Å². The van der Waals surface area contributed by atoms with E-state index in [9.17, 15) is 5.11 Å². The second-order valence-electron chi connectivity index (χ2n) is 4.77. The number of benzene rings is 1. The standard InChI is InChI=1S/C13H20O2/c1-10(9-14)12-7-5-4-6-11(12)8-13(2,3)15/h4-7,10,14-15H,8-9H2,1-3H3. The Hall–Kier alpha value is -0.860. The van der Waals surface area contributed by atoms with Crippen LogP contribution in [-0.2, 0) is 6.42 Å². The summed E-state index contributed by atoms with van der Waals surface area (Å²) in [7, 11) is 0. The molecule has 2 nitrogen and oxygen atoms in total. The van der Waals surface area contributed by atoms with Gasteiger partial charge in [-0.15, -0.1) is 0 Å². The molecule has 0 spiro atoms. The molecule has 15 heavy (non-hydrogen) atoms. The second-order valence-corrected chi connectivity index (χ2v) is 4.77. The molecule has 0 amide bonds. The van der Waals surface area contributed by atoms with E-state index in [-0.39, 0.29) is 12.5 Å². The number of aliphatic hydroxyl groups excluding tert-OH is 1. The predicted octanol–water partition coefficient (Wildman–Crippen LogP) is 2.10. The van der Waals surface area contributed by atoms with Gasteiger partial charge in [0.15, 0.2) is 0 Å². The third-order valence-corrected chi connectivity index (χ3v) is 2.48. The number of hydrogen-bond acceptors (Lipinski definition) is 2. The van der Waals surface area contributed by atoms with Gasteiger partial charge in [0.1, 0.15) is 0 Å². The fourth-order valence-corrected chi connectivity index (χ4v) is 1.74. The molecule has 2 heteroatoms. The zero-order valence-corrected chi connectivity index (χ0v) is 9.70. The maximum absolute atomic E-state index is 9.79. The van der Waals surface area contributed by atoms with E-state index in [1.807, 2.05) is 31.2 Å². The number of rotatable bonds is 4. The Bertz CT molecular complexity index is 313. The zero-order chi connectivity index (χ0) is 11.5. The summed E-state index contributed by atoms with van der Waals surface area (Å²) in [6.45, 7) is 5.73. The average Bonchev–Trinajstić information content (AvgIpc) is 2.15. The molecule has 0 saturated heterocycles. The highest BCUT2D eigenvalue weighted by molar-refractivity contribution is 5.31. The molecule has 84 valence electrons. The SMILES string of the molecule is CC(CO)c1ccccc1CC(C)(C)O. The highest BCUT2D eigenvalue weighted by atomic mass is 16.3. The van der Waals surface area contributed by atoms with Crippen molar-refractivity contribution in [2.45, 2.75) is 38.7 Å². The fraction of sp³-hybridized carbons (Fsp3) is 0.538. The summed E-state index contributed by atoms with van der Waals surface area (Å²) in [6.07, 6.45) is 0.619. The van der Waals surface area contributed by atoms with Crippen molar-refractivity contribution in [1.82, 2.24) is 0 Å². The minimum atomic E-state index is -0.703. The highest BCUT2D eigenvalue weighted by Gasteiger charge is 2.17. The lowest BCUT2D eigenvalue weighted by atomic mass is 9.90. The van der Waals surface area contributed by atoms with Crippen LogP contribution in [0.4, 0.5) is 0 Å². The summed E-state index contributed by atoms with van der Waals surface area (Å²) in [6, 6.07) is 7.96. The molecule has 0 saturated carbocycles. The Kier molecular flexibility index (Phi) is 3.89. The van der Waals surface area contributed by atoms with Crippen molar-refractivity contribution in [2.24, 2.45) is 0 Å². The van der Waals surface area contributed by atoms with E-state index in [1.165, 1.54) is 0 Å². The Morgan fingerprint density at radius 1 is 1.27 bits per heavy atom. The fourth-order valence-electron chi connectivity index (χ4n) is 1.74. The van der Waals surface area contributed by atoms with Gasteiger partial charge in [0.05, 0.1) is 5.60 Å². The van der Waals surface area contributed by atoms with E-state index < -0.39 is 5.60 Å². The first kappa shape index (κ1) is 12.2. The van der Waals surface area contributed by atoms with Crippen LogP contribution in [0.3, 0.4) is 0 Å². The molecular formula is C13H20O2. The molecule has 1 rings (SSSR count). The summed E-state index contributed by atoms with van der Waals surface area (Å²) >= 11 is 0. The van der Waals surface area contributed by atoms with Crippen molar-refractivity contribution < 1.29 is 10.2 Å². The Balaban J connectivity index is 2.96. The van der Waals surface area contributed by atoms with Gasteiger partial charge in [-0.1, -0.05) is 31.2 Å². The van der Waals surface area contributed by atoms with Gasteiger partial charge in [-0.05, 0) is 25.0 Å². The third-order valence-electron chi connectivity index (χ3n) is 2.48. The topological polar surface area (TPSA) is 40.5 Å². The largest absolute Gasteiger partial charge is 0.396 e. The van der Waals surface area contributed by atoms with Crippen LogP contribution in [-0.4, -0.2) is 22.4 Å². The molecule has 0 heterocycles. The molecule has 1 aromatic carbocycles. The molecule has 0 aromatic heterocycles. The number of aliphatic hydroxyl groups is 2. The molecular weight excluding hydrogens is 188 g/mol. The molecule has 2 N–H and O–H groups in total. The maximum atomic E-state index is 9.79. The smallest absolute Gasteiger partial charge is 0.0632 e. The first-order chi connectivity index (χ1) is 6.94. The molecule has 1 unspecified atom stereocenters. The summed E-state index contributed by atoms with van der Waals surface area (Å²) in [5, 5.41) is 18.9. The lowest BCUT2D eigenvalue weighted by Crippen LogP contribution is -2.23. The van der Waals surface area contributed by atoms with Crippen LogP contribution in [0.1, 0.15) is 37.8 Å². The summed E-state index contributed by atoms with van der Waals surface area (Å²) < 4.78 is 0. The summed E-state index contributed by atoms with van der Waals surface area (Å²) in [5.41, 5.74) is 1.54. The molecule has 1 atom stereocenters. The van der Waals surface area contributed by atoms with Gasteiger partial charge >= 0.3 is 0 Å². The second kappa shape index (κ2) is 4.77. The van der Waals surface area contributed by atoms with Crippen LogP contribution < -0.4 is 0 Å². The van der Waals surface area contributed by atoms with E-state index in [0.29, 0.717) is 6.42 Å². The lowest BCUT2D eigenvalue weighted by Gasteiger charge is -2.21. The van der Waals surface area contributed by atoms with E-state index in [2.05, 4.69) is 0 Å². The van der Waals surface area contributed by atoms with Crippen molar-refractivity contribution in [3.05, 3.63) is 35.4 Å². The number of hydrogen-bond donors (Lipinski definition) is 2. The van der Waals surface area contributed by atoms with Crippen molar-refractivity contribution in [3.63, 3.8) is 0 Å². The van der Waals surface area contributed by atoms with E-state index in [4.69, 9.17) is 5.11 Å². The molecule has 0 aliphatic rings. The van der Waals surface area contributed by atoms with E-state index >= 15 is 0 Å². The van der Waals surface area contributed by atoms with Gasteiger partial charge in [0, 0.05) is 18.9 Å². The van der Waals surface area contributed by atoms with Crippen LogP contribution in [0.25, 0.3) is 0 Å². The van der Waals surface area contributed by atoms with Crippen molar-refractivity contribution in [3.8, 4) is 0 Å². The minimum Gasteiger partial charge on any atom is -0.396 e. The van der Waals surface area contributed by atoms with Crippen LogP contribution >= 0.6 is 0 Å². The van der Waals surface area contributed by atoms with Crippen LogP contribution in [0.5, 0.6) is 0 Å². The van der Waals surface area contributed by atoms with Gasteiger partial charge in [0.25, 0.3) is 0 Å². The third kappa shape index (κ3) is 3.65. The molecule has 0 aliphatic carbocycles. The first-order valence-electron chi connectivity index (χ1n) is 5.35. The minimum absolute atomic E-state index is 0.128. The highest BCUT2D eigenvalue weighted by Crippen LogP contribution is 2.23. The predicted molar refractivity (Wildman–Crippen MR) is 61.9 cm³/mol. The van der Waals surface area contributed by atoms with E-state index in [0.717, 1.165) is 11.1 Å². The van der Waals surface area contributed by atoms with E-state index in [1.54, 1.807) is 13.8 Å².